The van der Waals surface area contributed by atoms with Crippen molar-refractivity contribution in [3.63, 3.8) is 0 Å². The van der Waals surface area contributed by atoms with E-state index < -0.39 is 0 Å². The number of rotatable bonds is 5. The molecule has 0 fully saturated rings. The Bertz CT molecular complexity index is 277. The molecule has 1 N–H and O–H groups in total. The monoisotopic (exact) mass is 236 g/mol. The molecular formula is C7H10Cl2N4O. The summed E-state index contributed by atoms with van der Waals surface area (Å²) in [5.41, 5.74) is 0. The van der Waals surface area contributed by atoms with Gasteiger partial charge < -0.3 is 10.1 Å². The van der Waals surface area contributed by atoms with E-state index >= 15 is 0 Å². The number of nitrogens with one attached hydrogen (secondary N) is 1. The maximum atomic E-state index is 5.57. The molecule has 0 bridgehead atoms. The zero-order valence-corrected chi connectivity index (χ0v) is 9.14. The van der Waals surface area contributed by atoms with Crippen LogP contribution in [-0.4, -0.2) is 34.7 Å². The van der Waals surface area contributed by atoms with Gasteiger partial charge in [0.15, 0.2) is 0 Å². The Kier molecular flexibility index (Phi) is 4.86. The van der Waals surface area contributed by atoms with Gasteiger partial charge in [0.2, 0.25) is 16.5 Å². The van der Waals surface area contributed by atoms with Crippen LogP contribution >= 0.6 is 23.2 Å². The lowest BCUT2D eigenvalue weighted by Crippen LogP contribution is -2.11. The summed E-state index contributed by atoms with van der Waals surface area (Å²) in [5.74, 6) is 0.356. The predicted molar refractivity (Wildman–Crippen MR) is 54.8 cm³/mol. The highest BCUT2D eigenvalue weighted by atomic mass is 35.5. The molecule has 0 saturated heterocycles. The van der Waals surface area contributed by atoms with Crippen LogP contribution in [0.4, 0.5) is 5.95 Å². The van der Waals surface area contributed by atoms with Gasteiger partial charge in [0.25, 0.3) is 0 Å². The fourth-order valence-corrected chi connectivity index (χ4v) is 1.15. The van der Waals surface area contributed by atoms with Gasteiger partial charge in [0.1, 0.15) is 0 Å². The van der Waals surface area contributed by atoms with Crippen molar-refractivity contribution in [1.82, 2.24) is 15.0 Å². The summed E-state index contributed by atoms with van der Waals surface area (Å²) in [6, 6.07) is 0. The molecule has 0 amide bonds. The van der Waals surface area contributed by atoms with E-state index in [0.717, 1.165) is 0 Å². The molecule has 7 heteroatoms. The van der Waals surface area contributed by atoms with Crippen LogP contribution in [-0.2, 0) is 4.74 Å². The van der Waals surface area contributed by atoms with Gasteiger partial charge in [-0.25, -0.2) is 0 Å². The Morgan fingerprint density at radius 3 is 2.43 bits per heavy atom. The Morgan fingerprint density at radius 1 is 1.21 bits per heavy atom. The molecular weight excluding hydrogens is 227 g/mol. The van der Waals surface area contributed by atoms with Gasteiger partial charge in [0, 0.05) is 13.2 Å². The summed E-state index contributed by atoms with van der Waals surface area (Å²) in [4.78, 5) is 11.3. The van der Waals surface area contributed by atoms with E-state index in [4.69, 9.17) is 27.9 Å². The minimum atomic E-state index is 0.0731. The average Bonchev–Trinajstić information content (AvgIpc) is 2.11. The second kappa shape index (κ2) is 5.95. The second-order valence-electron chi connectivity index (χ2n) is 2.32. The van der Waals surface area contributed by atoms with Crippen LogP contribution in [0, 0.1) is 0 Å². The third-order valence-electron chi connectivity index (χ3n) is 1.31. The molecule has 1 heterocycles. The minimum absolute atomic E-state index is 0.0731. The van der Waals surface area contributed by atoms with Gasteiger partial charge in [-0.05, 0) is 30.1 Å². The van der Waals surface area contributed by atoms with Gasteiger partial charge in [0.05, 0.1) is 6.61 Å². The molecule has 0 aliphatic rings. The molecule has 14 heavy (non-hydrogen) atoms. The molecule has 5 nitrogen and oxygen atoms in total. The minimum Gasteiger partial charge on any atom is -0.380 e. The van der Waals surface area contributed by atoms with E-state index in [0.29, 0.717) is 25.7 Å². The van der Waals surface area contributed by atoms with Gasteiger partial charge in [-0.1, -0.05) is 0 Å². The van der Waals surface area contributed by atoms with Crippen LogP contribution < -0.4 is 5.32 Å². The van der Waals surface area contributed by atoms with Crippen LogP contribution in [0.5, 0.6) is 0 Å². The average molecular weight is 237 g/mol. The molecule has 0 atom stereocenters. The van der Waals surface area contributed by atoms with Crippen LogP contribution in [0.1, 0.15) is 6.92 Å². The number of anilines is 1. The molecule has 0 unspecified atom stereocenters. The summed E-state index contributed by atoms with van der Waals surface area (Å²) < 4.78 is 5.12. The lowest BCUT2D eigenvalue weighted by molar-refractivity contribution is 0.158. The topological polar surface area (TPSA) is 59.9 Å². The van der Waals surface area contributed by atoms with Crippen molar-refractivity contribution >= 4 is 29.2 Å². The Balaban J connectivity index is 2.42. The maximum absolute atomic E-state index is 5.57. The van der Waals surface area contributed by atoms with Crippen molar-refractivity contribution in [2.24, 2.45) is 0 Å². The summed E-state index contributed by atoms with van der Waals surface area (Å²) >= 11 is 11.1. The summed E-state index contributed by atoms with van der Waals surface area (Å²) in [7, 11) is 0. The number of hydrogen-bond acceptors (Lipinski definition) is 5. The summed E-state index contributed by atoms with van der Waals surface area (Å²) in [6.07, 6.45) is 0. The number of halogens is 2. The van der Waals surface area contributed by atoms with Crippen molar-refractivity contribution in [1.29, 1.82) is 0 Å². The highest BCUT2D eigenvalue weighted by Crippen LogP contribution is 2.08. The molecule has 0 aliphatic carbocycles. The summed E-state index contributed by atoms with van der Waals surface area (Å²) in [6.45, 7) is 3.79. The van der Waals surface area contributed by atoms with E-state index in [9.17, 15) is 0 Å². The highest BCUT2D eigenvalue weighted by molar-refractivity contribution is 6.31. The highest BCUT2D eigenvalue weighted by Gasteiger charge is 2.01. The van der Waals surface area contributed by atoms with Gasteiger partial charge in [-0.3, -0.25) is 0 Å². The van der Waals surface area contributed by atoms with Crippen molar-refractivity contribution in [2.45, 2.75) is 6.92 Å². The van der Waals surface area contributed by atoms with Crippen LogP contribution in [0.3, 0.4) is 0 Å². The van der Waals surface area contributed by atoms with Crippen LogP contribution in [0.2, 0.25) is 10.6 Å². The van der Waals surface area contributed by atoms with E-state index in [1.54, 1.807) is 0 Å². The molecule has 1 rings (SSSR count). The van der Waals surface area contributed by atoms with Crippen molar-refractivity contribution in [3.05, 3.63) is 10.6 Å². The molecule has 1 aromatic heterocycles. The molecule has 1 aromatic rings. The van der Waals surface area contributed by atoms with E-state index in [2.05, 4.69) is 20.3 Å². The first-order chi connectivity index (χ1) is 6.72. The zero-order chi connectivity index (χ0) is 10.4. The van der Waals surface area contributed by atoms with Crippen molar-refractivity contribution < 1.29 is 4.74 Å². The predicted octanol–water partition coefficient (Wildman–Crippen LogP) is 1.63. The van der Waals surface area contributed by atoms with Crippen molar-refractivity contribution in [2.75, 3.05) is 25.1 Å². The fourth-order valence-electron chi connectivity index (χ4n) is 0.784. The fraction of sp³-hybridized carbons (Fsp3) is 0.571. The second-order valence-corrected chi connectivity index (χ2v) is 3.00. The van der Waals surface area contributed by atoms with E-state index in [-0.39, 0.29) is 10.6 Å². The smallest absolute Gasteiger partial charge is 0.228 e. The molecule has 0 aromatic carbocycles. The SMILES string of the molecule is CCOCCNc1nc(Cl)nc(Cl)n1. The normalized spacial score (nSPS) is 10.2. The molecule has 0 saturated carbocycles. The van der Waals surface area contributed by atoms with Crippen LogP contribution in [0.15, 0.2) is 0 Å². The first kappa shape index (κ1) is 11.4. The van der Waals surface area contributed by atoms with E-state index in [1.807, 2.05) is 6.92 Å². The number of ether oxygens (including phenoxy) is 1. The largest absolute Gasteiger partial charge is 0.380 e. The number of hydrogen-bond donors (Lipinski definition) is 1. The number of nitrogens with zero attached hydrogens (tertiary/aromatic N) is 3. The van der Waals surface area contributed by atoms with Gasteiger partial charge >= 0.3 is 0 Å². The zero-order valence-electron chi connectivity index (χ0n) is 7.63. The Morgan fingerprint density at radius 2 is 1.86 bits per heavy atom. The third-order valence-corrected chi connectivity index (χ3v) is 1.65. The first-order valence-electron chi connectivity index (χ1n) is 4.11. The van der Waals surface area contributed by atoms with Gasteiger partial charge in [-0.2, -0.15) is 15.0 Å². The Labute approximate surface area is 91.8 Å². The standard InChI is InChI=1S/C7H10Cl2N4O/c1-2-14-4-3-10-7-12-5(8)11-6(9)13-7/h2-4H2,1H3,(H,10,11,12,13). The summed E-state index contributed by atoms with van der Waals surface area (Å²) in [5, 5.41) is 3.05. The first-order valence-corrected chi connectivity index (χ1v) is 4.86. The lowest BCUT2D eigenvalue weighted by Gasteiger charge is -2.04. The van der Waals surface area contributed by atoms with Crippen molar-refractivity contribution in [3.8, 4) is 0 Å². The van der Waals surface area contributed by atoms with Gasteiger partial charge in [-0.15, -0.1) is 0 Å². The molecule has 0 aliphatic heterocycles. The Hall–Kier alpha value is -0.650. The quantitative estimate of drug-likeness (QED) is 0.788. The lowest BCUT2D eigenvalue weighted by atomic mass is 10.6. The third kappa shape index (κ3) is 4.04. The van der Waals surface area contributed by atoms with E-state index in [1.165, 1.54) is 0 Å². The maximum Gasteiger partial charge on any atom is 0.228 e. The molecule has 0 radical (unpaired) electrons. The number of aromatic nitrogens is 3. The molecule has 0 spiro atoms. The molecule has 78 valence electrons. The van der Waals surface area contributed by atoms with Crippen LogP contribution in [0.25, 0.3) is 0 Å².